The molecule has 58 heteroatoms. The molecular weight excluding hydrogens is 1850 g/mol. The molecule has 0 spiro atoms. The molecule has 0 radical (unpaired) electrons. The van der Waals surface area contributed by atoms with E-state index in [4.69, 9.17) is 425 Å². The van der Waals surface area contributed by atoms with Crippen molar-refractivity contribution in [2.24, 2.45) is 0 Å². The molecule has 0 atom stereocenters. The molecule has 0 saturated heterocycles. The van der Waals surface area contributed by atoms with E-state index in [9.17, 15) is 0 Å². The number of rotatable bonds is 18. The van der Waals surface area contributed by atoms with E-state index < -0.39 is 102 Å². The molecule has 0 aromatic carbocycles. The lowest BCUT2D eigenvalue weighted by Gasteiger charge is -2.36. The van der Waals surface area contributed by atoms with E-state index in [1.165, 1.54) is 0 Å². The molecule has 0 nitrogen and oxygen atoms in total. The molecule has 0 fully saturated rings. The highest BCUT2D eigenvalue weighted by Crippen LogP contribution is 2.43. The lowest BCUT2D eigenvalue weighted by Crippen LogP contribution is -2.40. The van der Waals surface area contributed by atoms with Crippen molar-refractivity contribution in [3.8, 4) is 0 Å². The monoisotopic (exact) mass is 1840 g/mol. The Labute approximate surface area is 515 Å². The second-order valence-corrected chi connectivity index (χ2v) is 200. The molecular formula is FS57-. The van der Waals surface area contributed by atoms with Crippen LogP contribution in [0.25, 0.3) is 0 Å². The standard InChI is InChI=1S/FS57/c1-41(4,5)43(8,9)45(12,13)47(16,17)49(20,21)51(24,25)53(28,29)55(32,33)57(36,37)58(38,39)56(34,35)54(30,31)52(26,27)50(22,23)48(18,19)46(14,15)44(10,11)42(6,7)40(2)3/q-1. The summed E-state index contributed by atoms with van der Waals surface area (Å²) in [6, 6.07) is 0. The summed E-state index contributed by atoms with van der Waals surface area (Å²) in [7, 11) is -1.53. The van der Waals surface area contributed by atoms with Crippen LogP contribution in [0.5, 0.6) is 0 Å². The zero-order chi connectivity index (χ0) is 48.6. The maximum absolute atomic E-state index is 15.2. The summed E-state index contributed by atoms with van der Waals surface area (Å²) in [6.07, 6.45) is 0. The molecule has 0 bridgehead atoms. The molecule has 0 amide bonds. The molecule has 0 aromatic heterocycles. The molecule has 0 heterocycles. The lowest BCUT2D eigenvalue weighted by molar-refractivity contribution is 0.944. The summed E-state index contributed by atoms with van der Waals surface area (Å²) in [6.45, 7) is -4.13. The molecule has 0 aliphatic carbocycles. The van der Waals surface area contributed by atoms with Gasteiger partial charge in [-0.25, -0.2) is 22.4 Å². The normalized spacial score (nSPS) is 16.7. The molecule has 0 unspecified atom stereocenters. The van der Waals surface area contributed by atoms with Crippen molar-refractivity contribution < 1.29 is 3.89 Å². The summed E-state index contributed by atoms with van der Waals surface area (Å²) < 4.78 is 15.2. The average Bonchev–Trinajstić information content (AvgIpc) is 2.98. The van der Waals surface area contributed by atoms with Crippen LogP contribution in [0.4, 0.5) is 3.89 Å². The maximum atomic E-state index is 15.2. The second kappa shape index (κ2) is 22.8. The van der Waals surface area contributed by atoms with Crippen LogP contribution in [-0.2, 0) is 527 Å². The zero-order valence-corrected chi connectivity index (χ0v) is 70.2. The van der Waals surface area contributed by atoms with Crippen LogP contribution in [0.15, 0.2) is 0 Å². The molecule has 58 heavy (non-hydrogen) atoms. The Morgan fingerprint density at radius 2 is 0.293 bits per heavy atom. The van der Waals surface area contributed by atoms with E-state index in [1.54, 1.807) is 0 Å². The van der Waals surface area contributed by atoms with Crippen LogP contribution in [0.3, 0.4) is 0 Å². The van der Waals surface area contributed by atoms with Gasteiger partial charge in [0.05, 0.1) is 5.21 Å². The minimum absolute atomic E-state index is 1.53. The van der Waals surface area contributed by atoms with Crippen LogP contribution in [0, 0.1) is 0 Å². The van der Waals surface area contributed by atoms with Crippen molar-refractivity contribution in [2.75, 3.05) is 0 Å². The Hall–Kier alpha value is 14.9. The van der Waals surface area contributed by atoms with Crippen LogP contribution in [-0.4, -0.2) is 0 Å². The Morgan fingerprint density at radius 1 is 0.190 bits per heavy atom. The largest absolute Gasteiger partial charge is 0.271 e. The van der Waals surface area contributed by atoms with Crippen molar-refractivity contribution in [1.82, 2.24) is 0 Å². The van der Waals surface area contributed by atoms with Gasteiger partial charge >= 0.3 is 0 Å². The Bertz CT molecular complexity index is 4070. The third kappa shape index (κ3) is 11.5. The topological polar surface area (TPSA) is 0 Å². The molecule has 0 aliphatic heterocycles. The fourth-order valence-electron chi connectivity index (χ4n) is 1.70. The van der Waals surface area contributed by atoms with Gasteiger partial charge in [0.15, 0.2) is 0 Å². The molecule has 350 valence electrons. The van der Waals surface area contributed by atoms with Crippen LogP contribution in [0.1, 0.15) is 0 Å². The van der Waals surface area contributed by atoms with Crippen LogP contribution in [0.2, 0.25) is 0 Å². The van der Waals surface area contributed by atoms with Gasteiger partial charge in [-0.15, -0.1) is 3.89 Å². The fraction of sp³-hybridized carbons (Fsp3) is 0. The zero-order valence-electron chi connectivity index (χ0n) is 23.6. The highest BCUT2D eigenvalue weighted by Gasteiger charge is 2.46. The molecule has 0 rings (SSSR count). The maximum Gasteiger partial charge on any atom is 0.131 e. The van der Waals surface area contributed by atoms with E-state index in [2.05, 4.69) is 0 Å². The van der Waals surface area contributed by atoms with Crippen molar-refractivity contribution in [3.05, 3.63) is 0 Å². The predicted octanol–water partition coefficient (Wildman–Crippen LogP) is 0.283. The van der Waals surface area contributed by atoms with E-state index in [-0.39, 0.29) is 0 Å². The number of hydrogen-bond donors (Lipinski definition) is 0. The van der Waals surface area contributed by atoms with Gasteiger partial charge in [-0.2, -0.15) is 0 Å². The van der Waals surface area contributed by atoms with Gasteiger partial charge in [-0.1, -0.05) is 27.6 Å². The summed E-state index contributed by atoms with van der Waals surface area (Å²) in [5.41, 5.74) is 0. The van der Waals surface area contributed by atoms with E-state index in [0.29, 0.717) is 0 Å². The summed E-state index contributed by atoms with van der Waals surface area (Å²) in [5.74, 6) is 0. The summed E-state index contributed by atoms with van der Waals surface area (Å²) in [5, 5.41) is -63.5. The van der Waals surface area contributed by atoms with Crippen LogP contribution < -0.4 is 0 Å². The first-order valence-electron chi connectivity index (χ1n) is 9.49. The number of hydrogen-bond acceptors (Lipinski definition) is 39. The highest BCUT2D eigenvalue weighted by molar-refractivity contribution is 9.79. The first kappa shape index (κ1) is 72.9. The van der Waals surface area contributed by atoms with Gasteiger partial charge < -0.3 is 0 Å². The predicted molar refractivity (Wildman–Crippen MR) is 421 cm³/mol. The Balaban J connectivity index is 8.47. The quantitative estimate of drug-likeness (QED) is 0.105. The van der Waals surface area contributed by atoms with Gasteiger partial charge in [0.2, 0.25) is 0 Å². The van der Waals surface area contributed by atoms with E-state index in [1.807, 2.05) is 0 Å². The first-order valence-corrected chi connectivity index (χ1v) is 84.5. The third-order valence-corrected chi connectivity index (χ3v) is 353. The van der Waals surface area contributed by atoms with Gasteiger partial charge in [-0.05, 0) is 380 Å². The molecule has 0 aromatic rings. The lowest BCUT2D eigenvalue weighted by atomic mass is 18.9. The van der Waals surface area contributed by atoms with Gasteiger partial charge in [0.25, 0.3) is 0 Å². The minimum Gasteiger partial charge on any atom is -0.271 e. The SMILES string of the molecule is FS(=S)(=S)S(=S)(=S)S(=S)(=S)S(=S)(=S)S(=S)(=S)S(=S)(=S)S(=S)(=S)S(=S)(=S)S(=S)(=S)S(=S)(=S)S(=S)(=S)S(=S)(=S)S(=S)(=S)S(=S)(=S)S(=S)(=S)S(=S)(=S)S(=S)(=S)S(=S)(=S)[S-](=S)=S. The Morgan fingerprint density at radius 3 is 0.397 bits per heavy atom. The number of halogens is 1. The van der Waals surface area contributed by atoms with Crippen molar-refractivity contribution >= 4 is 527 Å². The van der Waals surface area contributed by atoms with Gasteiger partial charge in [0, 0.05) is 78.2 Å². The Kier molecular flexibility index (Phi) is 28.7. The highest BCUT2D eigenvalue weighted by atomic mass is 34.5. The van der Waals surface area contributed by atoms with Crippen LogP contribution >= 0.6 is 0 Å². The van der Waals surface area contributed by atoms with E-state index in [0.717, 1.165) is 0 Å². The van der Waals surface area contributed by atoms with Crippen molar-refractivity contribution in [3.63, 3.8) is 0 Å². The average molecular weight is 1850 g/mol. The smallest absolute Gasteiger partial charge is 0.131 e. The van der Waals surface area contributed by atoms with Crippen molar-refractivity contribution in [2.45, 2.75) is 0 Å². The second-order valence-electron chi connectivity index (χ2n) is 7.54. The summed E-state index contributed by atoms with van der Waals surface area (Å²) >= 11 is 219. The third-order valence-electron chi connectivity index (χ3n) is 4.41. The minimum atomic E-state index is -4.13. The summed E-state index contributed by atoms with van der Waals surface area (Å²) in [4.78, 5) is 0. The van der Waals surface area contributed by atoms with Crippen molar-refractivity contribution in [1.29, 1.82) is 0 Å². The van der Waals surface area contributed by atoms with Gasteiger partial charge in [-0.3, -0.25) is 7.05 Å². The molecule has 0 N–H and O–H groups in total. The van der Waals surface area contributed by atoms with E-state index >= 15 is 3.89 Å². The van der Waals surface area contributed by atoms with Gasteiger partial charge in [0.1, 0.15) is 6.56 Å². The molecule has 0 saturated carbocycles. The first-order chi connectivity index (χ1) is 24.2. The molecule has 0 aliphatic rings. The fourth-order valence-corrected chi connectivity index (χ4v) is 408.